The van der Waals surface area contributed by atoms with Crippen molar-refractivity contribution in [3.05, 3.63) is 30.7 Å². The fourth-order valence-electron chi connectivity index (χ4n) is 5.26. The average Bonchev–Trinajstić information content (AvgIpc) is 3.34. The number of fused-ring (bicyclic) bond motifs is 3. The maximum Gasteiger partial charge on any atom is 0.222 e. The molecule has 176 valence electrons. The molecule has 5 rings (SSSR count). The molecule has 2 fully saturated rings. The lowest BCUT2D eigenvalue weighted by atomic mass is 9.92. The lowest BCUT2D eigenvalue weighted by Crippen LogP contribution is -2.44. The number of ether oxygens (including phenoxy) is 2. The van der Waals surface area contributed by atoms with Gasteiger partial charge in [0.15, 0.2) is 5.65 Å². The molecule has 5 heterocycles. The van der Waals surface area contributed by atoms with Crippen LogP contribution in [0.1, 0.15) is 32.1 Å². The third kappa shape index (κ3) is 4.82. The molecule has 8 nitrogen and oxygen atoms in total. The number of hydrogen-bond acceptors (Lipinski definition) is 6. The Bertz CT molecular complexity index is 1090. The summed E-state index contributed by atoms with van der Waals surface area (Å²) in [6.45, 7) is 4.67. The molecule has 33 heavy (non-hydrogen) atoms. The van der Waals surface area contributed by atoms with Gasteiger partial charge in [0.2, 0.25) is 5.91 Å². The topological polar surface area (TPSA) is 83.6 Å². The minimum atomic E-state index is 0.139. The third-order valence-electron chi connectivity index (χ3n) is 7.06. The van der Waals surface area contributed by atoms with Crippen LogP contribution in [0.25, 0.3) is 21.9 Å². The van der Waals surface area contributed by atoms with Crippen molar-refractivity contribution in [3.63, 3.8) is 0 Å². The summed E-state index contributed by atoms with van der Waals surface area (Å²) in [6, 6.07) is 4.19. The standard InChI is InChI=1S/C25H33N5O3/c1-32-13-14-33-19-3-2-10-30(17-19)23(31)15-18-6-11-29(12-7-18)22-5-9-26-21-16-28-25-20(24(21)22)4-8-27-25/h4-5,8-9,16,18-19,26H,2-3,6-7,10-15,17H2,1H3. The van der Waals surface area contributed by atoms with E-state index in [1.165, 1.54) is 11.1 Å². The number of anilines is 1. The van der Waals surface area contributed by atoms with Gasteiger partial charge in [-0.3, -0.25) is 4.79 Å². The average molecular weight is 452 g/mol. The Morgan fingerprint density at radius 3 is 2.88 bits per heavy atom. The Morgan fingerprint density at radius 1 is 1.15 bits per heavy atom. The zero-order valence-electron chi connectivity index (χ0n) is 19.3. The Morgan fingerprint density at radius 2 is 2.03 bits per heavy atom. The van der Waals surface area contributed by atoms with Crippen LogP contribution in [0.3, 0.4) is 0 Å². The SMILES string of the molecule is COCCOC1CCCN(C(=O)CC2CCN(c3cc[nH]c4cnc5nccc5c34)CC2)C1. The Labute approximate surface area is 194 Å². The number of pyridine rings is 2. The molecule has 3 aromatic heterocycles. The van der Waals surface area contributed by atoms with E-state index in [9.17, 15) is 4.79 Å². The van der Waals surface area contributed by atoms with Gasteiger partial charge in [-0.1, -0.05) is 0 Å². The summed E-state index contributed by atoms with van der Waals surface area (Å²) >= 11 is 0. The van der Waals surface area contributed by atoms with Crippen LogP contribution >= 0.6 is 0 Å². The van der Waals surface area contributed by atoms with Crippen molar-refractivity contribution in [2.75, 3.05) is 51.4 Å². The number of amides is 1. The van der Waals surface area contributed by atoms with E-state index in [0.29, 0.717) is 32.1 Å². The summed E-state index contributed by atoms with van der Waals surface area (Å²) in [5, 5.41) is 2.27. The van der Waals surface area contributed by atoms with E-state index < -0.39 is 0 Å². The number of rotatable bonds is 7. The number of carbonyl (C=O) groups is 1. The first-order valence-corrected chi connectivity index (χ1v) is 12.1. The monoisotopic (exact) mass is 451 g/mol. The molecule has 0 saturated carbocycles. The van der Waals surface area contributed by atoms with Crippen molar-refractivity contribution in [1.82, 2.24) is 19.9 Å². The Kier molecular flexibility index (Phi) is 6.73. The highest BCUT2D eigenvalue weighted by atomic mass is 16.5. The van der Waals surface area contributed by atoms with Crippen LogP contribution in [0.4, 0.5) is 5.69 Å². The van der Waals surface area contributed by atoms with Crippen LogP contribution in [0, 0.1) is 5.92 Å². The van der Waals surface area contributed by atoms with E-state index in [1.54, 1.807) is 7.11 Å². The quantitative estimate of drug-likeness (QED) is 0.555. The smallest absolute Gasteiger partial charge is 0.222 e. The minimum absolute atomic E-state index is 0.139. The van der Waals surface area contributed by atoms with Crippen molar-refractivity contribution in [2.45, 2.75) is 38.2 Å². The van der Waals surface area contributed by atoms with Gasteiger partial charge < -0.3 is 24.3 Å². The zero-order valence-corrected chi connectivity index (χ0v) is 19.3. The van der Waals surface area contributed by atoms with Crippen molar-refractivity contribution in [2.24, 2.45) is 5.92 Å². The molecule has 1 amide bonds. The number of aromatic amines is 1. The fraction of sp³-hybridized carbons (Fsp3) is 0.560. The lowest BCUT2D eigenvalue weighted by molar-refractivity contribution is -0.136. The van der Waals surface area contributed by atoms with Crippen molar-refractivity contribution < 1.29 is 14.3 Å². The maximum atomic E-state index is 13.0. The minimum Gasteiger partial charge on any atom is -0.382 e. The largest absolute Gasteiger partial charge is 0.382 e. The molecule has 0 aromatic carbocycles. The first-order valence-electron chi connectivity index (χ1n) is 12.1. The maximum absolute atomic E-state index is 13.0. The lowest BCUT2D eigenvalue weighted by Gasteiger charge is -2.36. The van der Waals surface area contributed by atoms with Gasteiger partial charge in [-0.15, -0.1) is 0 Å². The predicted octanol–water partition coefficient (Wildman–Crippen LogP) is 3.37. The van der Waals surface area contributed by atoms with Gasteiger partial charge in [-0.2, -0.15) is 0 Å². The molecule has 2 aliphatic heterocycles. The number of nitrogens with one attached hydrogen (secondary N) is 1. The number of hydrogen-bond donors (Lipinski definition) is 1. The van der Waals surface area contributed by atoms with Crippen LogP contribution in [0.5, 0.6) is 0 Å². The highest BCUT2D eigenvalue weighted by molar-refractivity contribution is 6.09. The summed E-state index contributed by atoms with van der Waals surface area (Å²) in [7, 11) is 1.68. The predicted molar refractivity (Wildman–Crippen MR) is 128 cm³/mol. The first-order chi connectivity index (χ1) is 16.2. The summed E-state index contributed by atoms with van der Waals surface area (Å²) < 4.78 is 11.0. The van der Waals surface area contributed by atoms with Gasteiger partial charge in [0.05, 0.1) is 31.0 Å². The Balaban J connectivity index is 1.19. The van der Waals surface area contributed by atoms with Gasteiger partial charge in [0.1, 0.15) is 0 Å². The Hall–Kier alpha value is -2.71. The molecule has 1 N–H and O–H groups in total. The number of nitrogens with zero attached hydrogens (tertiary/aromatic N) is 4. The molecular formula is C25H33N5O3. The van der Waals surface area contributed by atoms with E-state index >= 15 is 0 Å². The number of carbonyl (C=O) groups excluding carboxylic acids is 1. The van der Waals surface area contributed by atoms with Gasteiger partial charge in [-0.25, -0.2) is 9.97 Å². The molecule has 1 unspecified atom stereocenters. The normalized spacial score (nSPS) is 20.1. The van der Waals surface area contributed by atoms with Gasteiger partial charge in [-0.05, 0) is 43.7 Å². The fourth-order valence-corrected chi connectivity index (χ4v) is 5.26. The van der Waals surface area contributed by atoms with Crippen LogP contribution in [-0.4, -0.2) is 78.4 Å². The third-order valence-corrected chi connectivity index (χ3v) is 7.06. The summed E-state index contributed by atoms with van der Waals surface area (Å²) in [6.07, 6.45) is 10.5. The molecule has 0 bridgehead atoms. The van der Waals surface area contributed by atoms with E-state index in [1.807, 2.05) is 29.6 Å². The molecule has 2 saturated heterocycles. The first kappa shape index (κ1) is 22.1. The van der Waals surface area contributed by atoms with Gasteiger partial charge in [0.25, 0.3) is 0 Å². The molecular weight excluding hydrogens is 418 g/mol. The molecule has 0 radical (unpaired) electrons. The van der Waals surface area contributed by atoms with Crippen LogP contribution in [0.2, 0.25) is 0 Å². The molecule has 3 aromatic rings. The second-order valence-corrected chi connectivity index (χ2v) is 9.19. The van der Waals surface area contributed by atoms with E-state index in [4.69, 9.17) is 9.47 Å². The van der Waals surface area contributed by atoms with Crippen LogP contribution < -0.4 is 4.90 Å². The molecule has 1 atom stereocenters. The molecule has 0 aliphatic carbocycles. The second kappa shape index (κ2) is 10.1. The molecule has 8 heteroatoms. The van der Waals surface area contributed by atoms with E-state index in [-0.39, 0.29) is 12.0 Å². The summed E-state index contributed by atoms with van der Waals surface area (Å²) in [5.41, 5.74) is 3.04. The van der Waals surface area contributed by atoms with Crippen molar-refractivity contribution in [1.29, 1.82) is 0 Å². The summed E-state index contributed by atoms with van der Waals surface area (Å²) in [5.74, 6) is 0.719. The number of aromatic nitrogens is 3. The van der Waals surface area contributed by atoms with Crippen LogP contribution in [0.15, 0.2) is 30.7 Å². The number of H-pyrrole nitrogens is 1. The van der Waals surface area contributed by atoms with Crippen molar-refractivity contribution >= 4 is 33.5 Å². The van der Waals surface area contributed by atoms with Crippen molar-refractivity contribution in [3.8, 4) is 0 Å². The zero-order chi connectivity index (χ0) is 22.6. The number of methoxy groups -OCH3 is 1. The van der Waals surface area contributed by atoms with E-state index in [2.05, 4.69) is 25.9 Å². The van der Waals surface area contributed by atoms with Crippen LogP contribution in [-0.2, 0) is 14.3 Å². The highest BCUT2D eigenvalue weighted by Crippen LogP contribution is 2.34. The van der Waals surface area contributed by atoms with Gasteiger partial charge >= 0.3 is 0 Å². The number of piperidine rings is 2. The second-order valence-electron chi connectivity index (χ2n) is 9.19. The summed E-state index contributed by atoms with van der Waals surface area (Å²) in [4.78, 5) is 29.6. The van der Waals surface area contributed by atoms with E-state index in [0.717, 1.165) is 61.9 Å². The molecule has 0 spiro atoms. The molecule has 2 aliphatic rings. The number of likely N-dealkylation sites (tertiary alicyclic amines) is 1. The van der Waals surface area contributed by atoms with Gasteiger partial charge in [0, 0.05) is 68.6 Å². The highest BCUT2D eigenvalue weighted by Gasteiger charge is 2.28.